The average Bonchev–Trinajstić information content (AvgIpc) is 3.05. The molecule has 2 aromatic heterocycles. The Hall–Kier alpha value is -1.86. The number of carbonyl (C=O) groups excluding carboxylic acids is 1. The van der Waals surface area contributed by atoms with Crippen LogP contribution in [-0.2, 0) is 13.1 Å². The second-order valence-corrected chi connectivity index (χ2v) is 6.97. The number of carbonyl (C=O) groups is 1. The second kappa shape index (κ2) is 7.42. The predicted octanol–water partition coefficient (Wildman–Crippen LogP) is 2.48. The summed E-state index contributed by atoms with van der Waals surface area (Å²) < 4.78 is 1.83. The van der Waals surface area contributed by atoms with Crippen LogP contribution in [0.25, 0.3) is 0 Å². The molecule has 0 saturated carbocycles. The highest BCUT2D eigenvalue weighted by atomic mass is 32.1. The fourth-order valence-electron chi connectivity index (χ4n) is 1.95. The average molecular weight is 321 g/mol. The predicted molar refractivity (Wildman–Crippen MR) is 90.3 cm³/mol. The van der Waals surface area contributed by atoms with Gasteiger partial charge in [0.15, 0.2) is 0 Å². The maximum atomic E-state index is 12.2. The van der Waals surface area contributed by atoms with Crippen LogP contribution in [0, 0.1) is 6.92 Å². The minimum atomic E-state index is -0.127. The van der Waals surface area contributed by atoms with Crippen molar-refractivity contribution in [3.63, 3.8) is 0 Å². The molecule has 0 aliphatic heterocycles. The molecular weight excluding hydrogens is 298 g/mol. The highest BCUT2D eigenvalue weighted by Gasteiger charge is 2.11. The highest BCUT2D eigenvalue weighted by Crippen LogP contribution is 2.17. The van der Waals surface area contributed by atoms with E-state index in [0.29, 0.717) is 6.54 Å². The number of hydrogen-bond donors (Lipinski definition) is 1. The monoisotopic (exact) mass is 321 g/mol. The van der Waals surface area contributed by atoms with E-state index in [1.807, 2.05) is 25.0 Å². The van der Waals surface area contributed by atoms with E-state index in [1.165, 1.54) is 9.75 Å². The lowest BCUT2D eigenvalue weighted by atomic mass is 10.4. The van der Waals surface area contributed by atoms with Crippen LogP contribution in [0.4, 0.5) is 10.5 Å². The summed E-state index contributed by atoms with van der Waals surface area (Å²) in [6.07, 6.45) is 3.53. The first-order valence-electron chi connectivity index (χ1n) is 7.18. The second-order valence-electron chi connectivity index (χ2n) is 5.59. The molecule has 0 unspecified atom stereocenters. The van der Waals surface area contributed by atoms with Crippen LogP contribution < -0.4 is 5.32 Å². The van der Waals surface area contributed by atoms with E-state index in [-0.39, 0.29) is 6.03 Å². The molecule has 2 amide bonds. The van der Waals surface area contributed by atoms with Crippen molar-refractivity contribution in [2.24, 2.45) is 0 Å². The molecule has 2 rings (SSSR count). The number of nitrogens with zero attached hydrogens (tertiary/aromatic N) is 4. The fourth-order valence-corrected chi connectivity index (χ4v) is 2.89. The van der Waals surface area contributed by atoms with Gasteiger partial charge in [0.25, 0.3) is 0 Å². The Morgan fingerprint density at radius 1 is 1.36 bits per heavy atom. The summed E-state index contributed by atoms with van der Waals surface area (Å²) in [4.78, 5) is 18.4. The summed E-state index contributed by atoms with van der Waals surface area (Å²) in [5, 5.41) is 7.12. The molecule has 6 nitrogen and oxygen atoms in total. The molecule has 7 heteroatoms. The third-order valence-corrected chi connectivity index (χ3v) is 4.18. The lowest BCUT2D eigenvalue weighted by Gasteiger charge is -2.16. The van der Waals surface area contributed by atoms with Crippen LogP contribution >= 0.6 is 11.3 Å². The molecule has 2 heterocycles. The minimum absolute atomic E-state index is 0.127. The molecule has 0 aromatic carbocycles. The number of hydrogen-bond acceptors (Lipinski definition) is 4. The van der Waals surface area contributed by atoms with Gasteiger partial charge in [-0.25, -0.2) is 4.79 Å². The van der Waals surface area contributed by atoms with Gasteiger partial charge in [0.1, 0.15) is 0 Å². The van der Waals surface area contributed by atoms with Crippen LogP contribution in [0.3, 0.4) is 0 Å². The SMILES string of the molecule is Cc1ccc(CN(C)C(=O)Nc2cnn(CCN(C)C)c2)s1. The van der Waals surface area contributed by atoms with Crippen LogP contribution in [0.5, 0.6) is 0 Å². The zero-order valence-electron chi connectivity index (χ0n) is 13.5. The van der Waals surface area contributed by atoms with Crippen molar-refractivity contribution in [3.8, 4) is 0 Å². The Bertz CT molecular complexity index is 619. The van der Waals surface area contributed by atoms with Gasteiger partial charge in [0.2, 0.25) is 0 Å². The minimum Gasteiger partial charge on any atom is -0.322 e. The van der Waals surface area contributed by atoms with E-state index >= 15 is 0 Å². The van der Waals surface area contributed by atoms with Crippen molar-refractivity contribution in [2.45, 2.75) is 20.0 Å². The number of nitrogens with one attached hydrogen (secondary N) is 1. The van der Waals surface area contributed by atoms with Gasteiger partial charge in [-0.3, -0.25) is 4.68 Å². The molecule has 0 bridgehead atoms. The first-order chi connectivity index (χ1) is 10.4. The molecule has 0 radical (unpaired) electrons. The van der Waals surface area contributed by atoms with Crippen molar-refractivity contribution < 1.29 is 4.79 Å². The zero-order chi connectivity index (χ0) is 16.1. The molecule has 0 saturated heterocycles. The van der Waals surface area contributed by atoms with E-state index in [1.54, 1.807) is 29.5 Å². The summed E-state index contributed by atoms with van der Waals surface area (Å²) in [5.74, 6) is 0. The number of thiophene rings is 1. The third kappa shape index (κ3) is 4.85. The fraction of sp³-hybridized carbons (Fsp3) is 0.467. The summed E-state index contributed by atoms with van der Waals surface area (Å²) >= 11 is 1.71. The van der Waals surface area contributed by atoms with E-state index in [9.17, 15) is 4.79 Å². The summed E-state index contributed by atoms with van der Waals surface area (Å²) in [6, 6.07) is 4.00. The number of amides is 2. The smallest absolute Gasteiger partial charge is 0.322 e. The maximum Gasteiger partial charge on any atom is 0.322 e. The molecule has 120 valence electrons. The van der Waals surface area contributed by atoms with E-state index in [4.69, 9.17) is 0 Å². The first kappa shape index (κ1) is 16.5. The highest BCUT2D eigenvalue weighted by molar-refractivity contribution is 7.11. The molecule has 0 aliphatic carbocycles. The topological polar surface area (TPSA) is 53.4 Å². The lowest BCUT2D eigenvalue weighted by molar-refractivity contribution is 0.221. The van der Waals surface area contributed by atoms with Gasteiger partial charge < -0.3 is 15.1 Å². The van der Waals surface area contributed by atoms with Crippen LogP contribution in [0.15, 0.2) is 24.5 Å². The van der Waals surface area contributed by atoms with Gasteiger partial charge in [-0.15, -0.1) is 11.3 Å². The van der Waals surface area contributed by atoms with Crippen LogP contribution in [-0.4, -0.2) is 53.3 Å². The van der Waals surface area contributed by atoms with E-state index in [0.717, 1.165) is 18.8 Å². The first-order valence-corrected chi connectivity index (χ1v) is 8.00. The standard InChI is InChI=1S/C15H23N5OS/c1-12-5-6-14(22-12)11-19(4)15(21)17-13-9-16-20(10-13)8-7-18(2)3/h5-6,9-10H,7-8,11H2,1-4H3,(H,17,21). The number of aryl methyl sites for hydroxylation is 1. The molecule has 0 atom stereocenters. The Balaban J connectivity index is 1.85. The van der Waals surface area contributed by atoms with Crippen molar-refractivity contribution >= 4 is 23.1 Å². The molecule has 0 spiro atoms. The van der Waals surface area contributed by atoms with Crippen molar-refractivity contribution in [1.82, 2.24) is 19.6 Å². The van der Waals surface area contributed by atoms with Gasteiger partial charge in [-0.2, -0.15) is 5.10 Å². The maximum absolute atomic E-state index is 12.2. The summed E-state index contributed by atoms with van der Waals surface area (Å²) in [5.41, 5.74) is 0.720. The summed E-state index contributed by atoms with van der Waals surface area (Å²) in [7, 11) is 5.84. The van der Waals surface area contributed by atoms with E-state index in [2.05, 4.69) is 34.4 Å². The normalized spacial score (nSPS) is 11.0. The third-order valence-electron chi connectivity index (χ3n) is 3.20. The molecule has 0 fully saturated rings. The lowest BCUT2D eigenvalue weighted by Crippen LogP contribution is -2.30. The van der Waals surface area contributed by atoms with Crippen molar-refractivity contribution in [3.05, 3.63) is 34.3 Å². The number of rotatable bonds is 6. The van der Waals surface area contributed by atoms with Crippen molar-refractivity contribution in [2.75, 3.05) is 33.0 Å². The summed E-state index contributed by atoms with van der Waals surface area (Å²) in [6.45, 7) is 4.38. The Morgan fingerprint density at radius 3 is 2.77 bits per heavy atom. The van der Waals surface area contributed by atoms with Crippen LogP contribution in [0.2, 0.25) is 0 Å². The van der Waals surface area contributed by atoms with Gasteiger partial charge in [0.05, 0.1) is 25.0 Å². The van der Waals surface area contributed by atoms with Gasteiger partial charge in [-0.1, -0.05) is 0 Å². The molecule has 22 heavy (non-hydrogen) atoms. The van der Waals surface area contributed by atoms with Gasteiger partial charge in [0, 0.05) is 29.5 Å². The zero-order valence-corrected chi connectivity index (χ0v) is 14.4. The molecule has 1 N–H and O–H groups in total. The molecule has 0 aliphatic rings. The largest absolute Gasteiger partial charge is 0.322 e. The van der Waals surface area contributed by atoms with Gasteiger partial charge in [-0.05, 0) is 33.2 Å². The number of urea groups is 1. The number of aromatic nitrogens is 2. The van der Waals surface area contributed by atoms with E-state index < -0.39 is 0 Å². The van der Waals surface area contributed by atoms with Crippen molar-refractivity contribution in [1.29, 1.82) is 0 Å². The molecular formula is C15H23N5OS. The van der Waals surface area contributed by atoms with Crippen LogP contribution in [0.1, 0.15) is 9.75 Å². The Kier molecular flexibility index (Phi) is 5.57. The quantitative estimate of drug-likeness (QED) is 0.889. The number of anilines is 1. The van der Waals surface area contributed by atoms with Gasteiger partial charge >= 0.3 is 6.03 Å². The Labute approximate surface area is 135 Å². The number of likely N-dealkylation sites (N-methyl/N-ethyl adjacent to an activating group) is 1. The molecule has 2 aromatic rings. The Morgan fingerprint density at radius 2 is 2.14 bits per heavy atom.